The maximum Gasteiger partial charge on any atom is 0.194 e. The summed E-state index contributed by atoms with van der Waals surface area (Å²) in [5.74, 6) is -0.225. The van der Waals surface area contributed by atoms with Gasteiger partial charge in [0.15, 0.2) is 5.13 Å². The Labute approximate surface area is 58.8 Å². The predicted octanol–water partition coefficient (Wildman–Crippen LogP) is 1.54. The summed E-state index contributed by atoms with van der Waals surface area (Å²) in [6.45, 7) is 3.17. The van der Waals surface area contributed by atoms with Gasteiger partial charge in [-0.05, 0) is 0 Å². The van der Waals surface area contributed by atoms with E-state index in [9.17, 15) is 4.39 Å². The Kier molecular flexibility index (Phi) is 1.30. The largest absolute Gasteiger partial charge is 0.396 e. The summed E-state index contributed by atoms with van der Waals surface area (Å²) in [5, 5.41) is 6.98. The molecule has 1 rings (SSSR count). The van der Waals surface area contributed by atoms with Crippen molar-refractivity contribution in [3.8, 4) is 0 Å². The highest BCUT2D eigenvalue weighted by Gasteiger charge is 2.72. The number of hydrogen-bond donors (Lipinski definition) is 1. The first-order valence-electron chi connectivity index (χ1n) is 2.95. The first kappa shape index (κ1) is 7.29. The lowest BCUT2D eigenvalue weighted by atomic mass is 10.1. The van der Waals surface area contributed by atoms with E-state index in [1.165, 1.54) is 0 Å². The van der Waals surface area contributed by atoms with E-state index in [0.717, 1.165) is 0 Å². The van der Waals surface area contributed by atoms with Crippen LogP contribution in [0.5, 0.6) is 0 Å². The van der Waals surface area contributed by atoms with Crippen molar-refractivity contribution < 1.29 is 9.50 Å². The van der Waals surface area contributed by atoms with Gasteiger partial charge in [0.2, 0.25) is 0 Å². The number of rotatable bonds is 1. The highest BCUT2D eigenvalue weighted by molar-refractivity contribution is 6.25. The third-order valence-corrected chi connectivity index (χ3v) is 3.27. The van der Waals surface area contributed by atoms with Crippen LogP contribution in [-0.2, 0) is 0 Å². The van der Waals surface area contributed by atoms with Crippen LogP contribution in [-0.4, -0.2) is 16.8 Å². The Bertz CT molecular complexity index is 137. The summed E-state index contributed by atoms with van der Waals surface area (Å²) in [4.78, 5) is 0. The summed E-state index contributed by atoms with van der Waals surface area (Å²) in [5.41, 5.74) is -0.700. The van der Waals surface area contributed by atoms with Crippen LogP contribution < -0.4 is 0 Å². The fourth-order valence-corrected chi connectivity index (χ4v) is 1.45. The molecule has 1 saturated carbocycles. The molecule has 1 fully saturated rings. The van der Waals surface area contributed by atoms with E-state index >= 15 is 0 Å². The summed E-state index contributed by atoms with van der Waals surface area (Å²) in [6.07, 6.45) is 0. The van der Waals surface area contributed by atoms with E-state index < -0.39 is 10.5 Å². The number of aliphatic hydroxyl groups is 1. The Morgan fingerprint density at radius 1 is 1.78 bits per heavy atom. The topological polar surface area (TPSA) is 20.2 Å². The van der Waals surface area contributed by atoms with E-state index in [4.69, 9.17) is 16.7 Å². The van der Waals surface area contributed by atoms with E-state index in [2.05, 4.69) is 0 Å². The number of hydrogen-bond acceptors (Lipinski definition) is 1. The molecular weight excluding hydrogens is 143 g/mol. The van der Waals surface area contributed by atoms with Gasteiger partial charge < -0.3 is 5.11 Å². The molecule has 0 unspecified atom stereocenters. The van der Waals surface area contributed by atoms with Crippen LogP contribution in [0.1, 0.15) is 13.8 Å². The second-order valence-electron chi connectivity index (χ2n) is 2.92. The first-order valence-corrected chi connectivity index (χ1v) is 3.33. The van der Waals surface area contributed by atoms with E-state index in [1.807, 2.05) is 0 Å². The maximum absolute atomic E-state index is 12.8. The Morgan fingerprint density at radius 2 is 2.11 bits per heavy atom. The fraction of sp³-hybridized carbons (Fsp3) is 1.00. The molecule has 1 N–H and O–H groups in total. The number of aliphatic hydroxyl groups excluding tert-OH is 1. The molecule has 1 nitrogen and oxygen atoms in total. The zero-order valence-electron chi connectivity index (χ0n) is 5.49. The van der Waals surface area contributed by atoms with Crippen molar-refractivity contribution in [2.24, 2.45) is 11.3 Å². The highest BCUT2D eigenvalue weighted by atomic mass is 35.5. The van der Waals surface area contributed by atoms with Gasteiger partial charge in [0.25, 0.3) is 0 Å². The highest BCUT2D eigenvalue weighted by Crippen LogP contribution is 2.66. The standard InChI is InChI=1S/C6H10ClFO/c1-4-5(2,3-9)6(4,7)8/h4,9H,3H2,1-2H3/t4-,5-,6+/m0/s1. The van der Waals surface area contributed by atoms with Crippen LogP contribution in [0, 0.1) is 11.3 Å². The Morgan fingerprint density at radius 3 is 2.11 bits per heavy atom. The van der Waals surface area contributed by atoms with Crippen molar-refractivity contribution in [3.63, 3.8) is 0 Å². The molecule has 0 aromatic rings. The van der Waals surface area contributed by atoms with Gasteiger partial charge in [-0.25, -0.2) is 4.39 Å². The summed E-state index contributed by atoms with van der Waals surface area (Å²) in [6, 6.07) is 0. The Balaban J connectivity index is 2.70. The number of halogens is 2. The third-order valence-electron chi connectivity index (χ3n) is 2.51. The molecule has 9 heavy (non-hydrogen) atoms. The lowest BCUT2D eigenvalue weighted by Gasteiger charge is -2.03. The molecule has 0 amide bonds. The van der Waals surface area contributed by atoms with Crippen LogP contribution in [0.2, 0.25) is 0 Å². The molecule has 3 heteroatoms. The lowest BCUT2D eigenvalue weighted by molar-refractivity contribution is 0.185. The van der Waals surface area contributed by atoms with Crippen LogP contribution in [0.25, 0.3) is 0 Å². The van der Waals surface area contributed by atoms with Gasteiger partial charge in [-0.1, -0.05) is 25.4 Å². The van der Waals surface area contributed by atoms with Gasteiger partial charge in [-0.15, -0.1) is 0 Å². The molecule has 3 atom stereocenters. The van der Waals surface area contributed by atoms with E-state index in [1.54, 1.807) is 13.8 Å². The molecule has 1 aliphatic rings. The monoisotopic (exact) mass is 152 g/mol. The van der Waals surface area contributed by atoms with Crippen molar-refractivity contribution in [1.29, 1.82) is 0 Å². The molecule has 0 saturated heterocycles. The molecule has 0 radical (unpaired) electrons. The average molecular weight is 153 g/mol. The minimum Gasteiger partial charge on any atom is -0.396 e. The maximum atomic E-state index is 12.8. The van der Waals surface area contributed by atoms with Crippen LogP contribution in [0.4, 0.5) is 4.39 Å². The van der Waals surface area contributed by atoms with Crippen LogP contribution in [0.15, 0.2) is 0 Å². The van der Waals surface area contributed by atoms with Gasteiger partial charge in [-0.3, -0.25) is 0 Å². The predicted molar refractivity (Wildman–Crippen MR) is 34.0 cm³/mol. The van der Waals surface area contributed by atoms with Crippen molar-refractivity contribution in [2.45, 2.75) is 19.0 Å². The molecule has 0 aromatic heterocycles. The normalized spacial score (nSPS) is 57.7. The SMILES string of the molecule is C[C@@H]1[C@](F)(Cl)[C@@]1(C)CO. The third kappa shape index (κ3) is 0.635. The molecule has 1 aliphatic carbocycles. The minimum absolute atomic E-state index is 0.172. The quantitative estimate of drug-likeness (QED) is 0.566. The Hall–Kier alpha value is 0.180. The molecule has 0 aromatic carbocycles. The summed E-state index contributed by atoms with van der Waals surface area (Å²) in [7, 11) is 0. The smallest absolute Gasteiger partial charge is 0.194 e. The molecular formula is C6H10ClFO. The van der Waals surface area contributed by atoms with Gasteiger partial charge in [0, 0.05) is 11.3 Å². The summed E-state index contributed by atoms with van der Waals surface area (Å²) < 4.78 is 12.8. The second kappa shape index (κ2) is 1.61. The van der Waals surface area contributed by atoms with Crippen molar-refractivity contribution in [3.05, 3.63) is 0 Å². The average Bonchev–Trinajstić information content (AvgIpc) is 2.16. The number of alkyl halides is 2. The molecule has 0 aliphatic heterocycles. The molecule has 0 heterocycles. The van der Waals surface area contributed by atoms with Gasteiger partial charge >= 0.3 is 0 Å². The van der Waals surface area contributed by atoms with E-state index in [0.29, 0.717) is 0 Å². The zero-order valence-corrected chi connectivity index (χ0v) is 6.24. The van der Waals surface area contributed by atoms with Crippen molar-refractivity contribution in [2.75, 3.05) is 6.61 Å². The van der Waals surface area contributed by atoms with Gasteiger partial charge in [0.1, 0.15) is 0 Å². The fourth-order valence-electron chi connectivity index (χ4n) is 1.05. The second-order valence-corrected chi connectivity index (χ2v) is 3.47. The minimum atomic E-state index is -1.66. The van der Waals surface area contributed by atoms with E-state index in [-0.39, 0.29) is 12.5 Å². The van der Waals surface area contributed by atoms with Crippen molar-refractivity contribution in [1.82, 2.24) is 0 Å². The van der Waals surface area contributed by atoms with Crippen LogP contribution >= 0.6 is 11.6 Å². The summed E-state index contributed by atoms with van der Waals surface area (Å²) >= 11 is 5.37. The van der Waals surface area contributed by atoms with Crippen LogP contribution in [0.3, 0.4) is 0 Å². The van der Waals surface area contributed by atoms with Gasteiger partial charge in [0.05, 0.1) is 6.61 Å². The zero-order chi connectivity index (χ0) is 7.28. The van der Waals surface area contributed by atoms with Crippen molar-refractivity contribution >= 4 is 11.6 Å². The lowest BCUT2D eigenvalue weighted by Crippen LogP contribution is -2.09. The molecule has 0 spiro atoms. The van der Waals surface area contributed by atoms with Gasteiger partial charge in [-0.2, -0.15) is 0 Å². The molecule has 54 valence electrons. The molecule has 0 bridgehead atoms. The first-order chi connectivity index (χ1) is 3.97.